The van der Waals surface area contributed by atoms with Gasteiger partial charge in [-0.3, -0.25) is 9.69 Å². The fraction of sp³-hybridized carbons (Fsp3) is 0.867. The van der Waals surface area contributed by atoms with Crippen LogP contribution in [-0.2, 0) is 4.79 Å². The standard InChI is InChI=1S/C15H27N3O3/c1-3-5-10-6-13(10)17-15(21)16-11-7-12(8-11)18(4-2)9-14(19)20/h10-13H,3-9H2,1-2H3,(H,19,20)(H2,16,17,21). The van der Waals surface area contributed by atoms with Gasteiger partial charge in [0.1, 0.15) is 0 Å². The molecule has 0 saturated heterocycles. The van der Waals surface area contributed by atoms with Gasteiger partial charge in [0, 0.05) is 18.1 Å². The number of hydrogen-bond donors (Lipinski definition) is 3. The zero-order chi connectivity index (χ0) is 15.4. The van der Waals surface area contributed by atoms with E-state index in [-0.39, 0.29) is 24.7 Å². The molecule has 2 amide bonds. The summed E-state index contributed by atoms with van der Waals surface area (Å²) in [6.07, 6.45) is 5.16. The van der Waals surface area contributed by atoms with Gasteiger partial charge >= 0.3 is 12.0 Å². The molecule has 0 spiro atoms. The lowest BCUT2D eigenvalue weighted by Crippen LogP contribution is -2.56. The second-order valence-electron chi connectivity index (χ2n) is 6.29. The molecule has 2 saturated carbocycles. The predicted molar refractivity (Wildman–Crippen MR) is 80.2 cm³/mol. The molecular weight excluding hydrogens is 270 g/mol. The van der Waals surface area contributed by atoms with Gasteiger partial charge in [0.05, 0.1) is 6.54 Å². The van der Waals surface area contributed by atoms with Gasteiger partial charge < -0.3 is 15.7 Å². The summed E-state index contributed by atoms with van der Waals surface area (Å²) in [6, 6.07) is 0.759. The first-order valence-corrected chi connectivity index (χ1v) is 8.06. The number of aliphatic carboxylic acids is 1. The van der Waals surface area contributed by atoms with Crippen LogP contribution >= 0.6 is 0 Å². The molecule has 0 bridgehead atoms. The number of amides is 2. The molecular formula is C15H27N3O3. The Morgan fingerprint density at radius 2 is 1.90 bits per heavy atom. The van der Waals surface area contributed by atoms with Gasteiger partial charge in [-0.25, -0.2) is 4.79 Å². The summed E-state index contributed by atoms with van der Waals surface area (Å²) in [6.45, 7) is 4.95. The minimum Gasteiger partial charge on any atom is -0.480 e. The first kappa shape index (κ1) is 16.1. The maximum atomic E-state index is 11.8. The van der Waals surface area contributed by atoms with Gasteiger partial charge in [0.25, 0.3) is 0 Å². The monoisotopic (exact) mass is 297 g/mol. The number of carbonyl (C=O) groups is 2. The second-order valence-corrected chi connectivity index (χ2v) is 6.29. The number of urea groups is 1. The van der Waals surface area contributed by atoms with Crippen LogP contribution in [0.25, 0.3) is 0 Å². The fourth-order valence-corrected chi connectivity index (χ4v) is 3.19. The average molecular weight is 297 g/mol. The Hall–Kier alpha value is -1.30. The van der Waals surface area contributed by atoms with E-state index >= 15 is 0 Å². The van der Waals surface area contributed by atoms with Crippen LogP contribution in [0.5, 0.6) is 0 Å². The molecule has 2 aliphatic carbocycles. The van der Waals surface area contributed by atoms with Crippen molar-refractivity contribution < 1.29 is 14.7 Å². The molecule has 6 heteroatoms. The molecule has 2 atom stereocenters. The third kappa shape index (κ3) is 4.59. The summed E-state index contributed by atoms with van der Waals surface area (Å²) in [5.74, 6) is -0.122. The average Bonchev–Trinajstić information content (AvgIpc) is 3.09. The maximum Gasteiger partial charge on any atom is 0.317 e. The minimum absolute atomic E-state index is 0.0664. The molecule has 120 valence electrons. The van der Waals surface area contributed by atoms with Crippen LogP contribution in [0.2, 0.25) is 0 Å². The summed E-state index contributed by atoms with van der Waals surface area (Å²) >= 11 is 0. The molecule has 0 radical (unpaired) electrons. The van der Waals surface area contributed by atoms with Crippen molar-refractivity contribution in [2.45, 2.75) is 64.1 Å². The van der Waals surface area contributed by atoms with Crippen LogP contribution in [-0.4, -0.2) is 53.2 Å². The lowest BCUT2D eigenvalue weighted by molar-refractivity contribution is -0.139. The van der Waals surface area contributed by atoms with Crippen LogP contribution in [0.3, 0.4) is 0 Å². The largest absolute Gasteiger partial charge is 0.480 e. The van der Waals surface area contributed by atoms with Crippen molar-refractivity contribution in [3.05, 3.63) is 0 Å². The minimum atomic E-state index is -0.790. The summed E-state index contributed by atoms with van der Waals surface area (Å²) < 4.78 is 0. The zero-order valence-corrected chi connectivity index (χ0v) is 13.0. The number of carboxylic acids is 1. The quantitative estimate of drug-likeness (QED) is 0.633. The highest BCUT2D eigenvalue weighted by molar-refractivity contribution is 5.75. The van der Waals surface area contributed by atoms with E-state index in [0.29, 0.717) is 12.0 Å². The molecule has 0 aromatic heterocycles. The van der Waals surface area contributed by atoms with Gasteiger partial charge in [0.2, 0.25) is 0 Å². The Labute approximate surface area is 126 Å². The first-order chi connectivity index (χ1) is 10.0. The molecule has 21 heavy (non-hydrogen) atoms. The number of hydrogen-bond acceptors (Lipinski definition) is 3. The second kappa shape index (κ2) is 7.11. The Balaban J connectivity index is 1.61. The molecule has 0 heterocycles. The maximum absolute atomic E-state index is 11.8. The van der Waals surface area contributed by atoms with Crippen molar-refractivity contribution in [1.82, 2.24) is 15.5 Å². The third-order valence-corrected chi connectivity index (χ3v) is 4.61. The van der Waals surface area contributed by atoms with Crippen molar-refractivity contribution in [1.29, 1.82) is 0 Å². The Kier molecular flexibility index (Phi) is 5.45. The van der Waals surface area contributed by atoms with Crippen LogP contribution in [0, 0.1) is 5.92 Å². The molecule has 2 fully saturated rings. The summed E-state index contributed by atoms with van der Waals surface area (Å²) in [7, 11) is 0. The van der Waals surface area contributed by atoms with Crippen LogP contribution in [0.15, 0.2) is 0 Å². The van der Waals surface area contributed by atoms with E-state index in [1.54, 1.807) is 0 Å². The lowest BCUT2D eigenvalue weighted by Gasteiger charge is -2.42. The van der Waals surface area contributed by atoms with Crippen molar-refractivity contribution in [3.63, 3.8) is 0 Å². The van der Waals surface area contributed by atoms with Crippen LogP contribution in [0.1, 0.15) is 46.0 Å². The van der Waals surface area contributed by atoms with E-state index in [1.165, 1.54) is 12.8 Å². The number of nitrogens with one attached hydrogen (secondary N) is 2. The van der Waals surface area contributed by atoms with Crippen molar-refractivity contribution in [2.24, 2.45) is 5.92 Å². The number of carbonyl (C=O) groups excluding carboxylic acids is 1. The van der Waals surface area contributed by atoms with E-state index in [9.17, 15) is 9.59 Å². The van der Waals surface area contributed by atoms with Crippen molar-refractivity contribution in [2.75, 3.05) is 13.1 Å². The van der Waals surface area contributed by atoms with Gasteiger partial charge in [0.15, 0.2) is 0 Å². The smallest absolute Gasteiger partial charge is 0.317 e. The van der Waals surface area contributed by atoms with Crippen LogP contribution in [0.4, 0.5) is 4.79 Å². The SMILES string of the molecule is CCCC1CC1NC(=O)NC1CC(N(CC)CC(=O)O)C1. The van der Waals surface area contributed by atoms with Gasteiger partial charge in [-0.05, 0) is 38.1 Å². The highest BCUT2D eigenvalue weighted by atomic mass is 16.4. The van der Waals surface area contributed by atoms with E-state index in [2.05, 4.69) is 17.6 Å². The van der Waals surface area contributed by atoms with E-state index in [1.807, 2.05) is 11.8 Å². The normalized spacial score (nSPS) is 30.6. The molecule has 0 aliphatic heterocycles. The molecule has 2 aliphatic rings. The van der Waals surface area contributed by atoms with E-state index in [0.717, 1.165) is 25.8 Å². The Morgan fingerprint density at radius 3 is 2.48 bits per heavy atom. The van der Waals surface area contributed by atoms with Crippen molar-refractivity contribution >= 4 is 12.0 Å². The lowest BCUT2D eigenvalue weighted by atomic mass is 9.85. The van der Waals surface area contributed by atoms with Crippen molar-refractivity contribution in [3.8, 4) is 0 Å². The van der Waals surface area contributed by atoms with Gasteiger partial charge in [-0.1, -0.05) is 20.3 Å². The van der Waals surface area contributed by atoms with E-state index in [4.69, 9.17) is 5.11 Å². The Bertz CT molecular complexity index is 382. The highest BCUT2D eigenvalue weighted by Crippen LogP contribution is 2.34. The number of likely N-dealkylation sites (N-methyl/N-ethyl adjacent to an activating group) is 1. The molecule has 3 N–H and O–H groups in total. The zero-order valence-electron chi connectivity index (χ0n) is 13.0. The van der Waals surface area contributed by atoms with Gasteiger partial charge in [-0.2, -0.15) is 0 Å². The molecule has 6 nitrogen and oxygen atoms in total. The number of carboxylic acid groups (broad SMARTS) is 1. The Morgan fingerprint density at radius 1 is 1.19 bits per heavy atom. The number of nitrogens with zero attached hydrogens (tertiary/aromatic N) is 1. The summed E-state index contributed by atoms with van der Waals surface area (Å²) in [4.78, 5) is 24.6. The fourth-order valence-electron chi connectivity index (χ4n) is 3.19. The number of rotatable bonds is 8. The molecule has 0 aromatic carbocycles. The summed E-state index contributed by atoms with van der Waals surface area (Å²) in [5, 5.41) is 14.9. The predicted octanol–water partition coefficient (Wildman–Crippen LogP) is 1.41. The molecule has 2 rings (SSSR count). The third-order valence-electron chi connectivity index (χ3n) is 4.61. The first-order valence-electron chi connectivity index (χ1n) is 8.06. The molecule has 0 aromatic rings. The summed E-state index contributed by atoms with van der Waals surface area (Å²) in [5.41, 5.74) is 0. The molecule has 2 unspecified atom stereocenters. The highest BCUT2D eigenvalue weighted by Gasteiger charge is 2.39. The van der Waals surface area contributed by atoms with E-state index < -0.39 is 5.97 Å². The van der Waals surface area contributed by atoms with Crippen LogP contribution < -0.4 is 10.6 Å². The topological polar surface area (TPSA) is 81.7 Å². The van der Waals surface area contributed by atoms with Gasteiger partial charge in [-0.15, -0.1) is 0 Å².